The molecule has 3 heterocycles. The summed E-state index contributed by atoms with van der Waals surface area (Å²) < 4.78 is 3.95. The Kier molecular flexibility index (Phi) is 6.56. The first-order chi connectivity index (χ1) is 16.2. The fraction of sp³-hybridized carbons (Fsp3) is 0.440. The van der Waals surface area contributed by atoms with Crippen LogP contribution >= 0.6 is 0 Å². The smallest absolute Gasteiger partial charge is 0.272 e. The minimum Gasteiger partial charge on any atom is -0.357 e. The molecule has 1 atom stereocenters. The molecule has 1 aromatic carbocycles. The monoisotopic (exact) mass is 463 g/mol. The topological polar surface area (TPSA) is 97.1 Å². The molecular formula is C25H33N7O2. The number of carbonyl (C=O) groups is 2. The summed E-state index contributed by atoms with van der Waals surface area (Å²) in [6, 6.07) is 9.20. The summed E-state index contributed by atoms with van der Waals surface area (Å²) >= 11 is 0. The van der Waals surface area contributed by atoms with Gasteiger partial charge in [-0.05, 0) is 55.8 Å². The van der Waals surface area contributed by atoms with E-state index in [1.165, 1.54) is 0 Å². The number of amides is 2. The van der Waals surface area contributed by atoms with Crippen LogP contribution in [0.25, 0.3) is 17.1 Å². The van der Waals surface area contributed by atoms with E-state index < -0.39 is 11.5 Å². The molecule has 0 saturated carbocycles. The highest BCUT2D eigenvalue weighted by atomic mass is 16.2. The van der Waals surface area contributed by atoms with Crippen molar-refractivity contribution in [2.75, 3.05) is 20.6 Å². The summed E-state index contributed by atoms with van der Waals surface area (Å²) in [6.07, 6.45) is 4.60. The van der Waals surface area contributed by atoms with Crippen LogP contribution in [-0.2, 0) is 17.9 Å². The van der Waals surface area contributed by atoms with Crippen LogP contribution in [0, 0.1) is 5.41 Å². The number of nitrogens with zero attached hydrogens (tertiary/aromatic N) is 5. The van der Waals surface area contributed by atoms with Gasteiger partial charge < -0.3 is 20.1 Å². The molecule has 9 heteroatoms. The Morgan fingerprint density at radius 3 is 2.47 bits per heavy atom. The number of likely N-dealkylation sites (N-methyl/N-ethyl adjacent to an activating group) is 1. The second-order valence-corrected chi connectivity index (χ2v) is 9.86. The van der Waals surface area contributed by atoms with Crippen molar-refractivity contribution in [1.29, 1.82) is 0 Å². The first-order valence-corrected chi connectivity index (χ1v) is 11.6. The van der Waals surface area contributed by atoms with Gasteiger partial charge in [0.05, 0.1) is 11.4 Å². The van der Waals surface area contributed by atoms with Gasteiger partial charge in [0.25, 0.3) is 5.91 Å². The molecule has 2 aromatic heterocycles. The minimum atomic E-state index is -0.678. The number of benzene rings is 1. The van der Waals surface area contributed by atoms with Gasteiger partial charge in [-0.2, -0.15) is 5.10 Å². The highest BCUT2D eigenvalue weighted by Gasteiger charge is 2.34. The van der Waals surface area contributed by atoms with Gasteiger partial charge in [0, 0.05) is 38.1 Å². The molecule has 0 fully saturated rings. The Labute approximate surface area is 200 Å². The largest absolute Gasteiger partial charge is 0.357 e. The third-order valence-electron chi connectivity index (χ3n) is 6.17. The molecule has 2 amide bonds. The van der Waals surface area contributed by atoms with Crippen molar-refractivity contribution in [2.45, 2.75) is 46.3 Å². The minimum absolute atomic E-state index is 0.224. The molecule has 0 unspecified atom stereocenters. The van der Waals surface area contributed by atoms with Crippen molar-refractivity contribution in [3.63, 3.8) is 0 Å². The van der Waals surface area contributed by atoms with Crippen LogP contribution in [-0.4, -0.2) is 62.7 Å². The van der Waals surface area contributed by atoms with Crippen molar-refractivity contribution in [3.05, 3.63) is 54.1 Å². The summed E-state index contributed by atoms with van der Waals surface area (Å²) in [5, 5.41) is 9.89. The Balaban J connectivity index is 1.72. The predicted octanol–water partition coefficient (Wildman–Crippen LogP) is 2.46. The van der Waals surface area contributed by atoms with E-state index in [-0.39, 0.29) is 11.8 Å². The van der Waals surface area contributed by atoms with E-state index in [1.807, 2.05) is 64.3 Å². The molecule has 4 rings (SSSR count). The molecule has 3 aromatic rings. The standard InChI is InChI=1S/C25H33N7O2/c1-25(2,3)21(24(34)26-4)29-23(33)20-19-16-30(5)13-7-14-31(19)22(28-20)17-8-10-18(11-9-17)32-15-6-12-27-32/h6,8-12,15,21H,7,13-14,16H2,1-5H3,(H,26,34)(H,29,33)/t21-/m1/s1. The highest BCUT2D eigenvalue weighted by molar-refractivity contribution is 5.97. The number of hydrogen-bond donors (Lipinski definition) is 2. The molecule has 9 nitrogen and oxygen atoms in total. The number of fused-ring (bicyclic) bond motifs is 1. The Morgan fingerprint density at radius 1 is 1.12 bits per heavy atom. The third kappa shape index (κ3) is 4.75. The average molecular weight is 464 g/mol. The van der Waals surface area contributed by atoms with E-state index in [0.717, 1.165) is 42.3 Å². The van der Waals surface area contributed by atoms with Crippen molar-refractivity contribution < 1.29 is 9.59 Å². The van der Waals surface area contributed by atoms with E-state index in [0.29, 0.717) is 12.2 Å². The fourth-order valence-corrected chi connectivity index (χ4v) is 4.33. The van der Waals surface area contributed by atoms with Crippen LogP contribution in [0.1, 0.15) is 43.4 Å². The number of aromatic nitrogens is 4. The first-order valence-electron chi connectivity index (χ1n) is 11.6. The van der Waals surface area contributed by atoms with Gasteiger partial charge in [0.1, 0.15) is 11.9 Å². The maximum Gasteiger partial charge on any atom is 0.272 e. The molecule has 0 spiro atoms. The molecule has 2 N–H and O–H groups in total. The van der Waals surface area contributed by atoms with Crippen LogP contribution < -0.4 is 10.6 Å². The zero-order chi connectivity index (χ0) is 24.5. The van der Waals surface area contributed by atoms with E-state index >= 15 is 0 Å². The molecular weight excluding hydrogens is 430 g/mol. The van der Waals surface area contributed by atoms with E-state index in [2.05, 4.69) is 25.2 Å². The summed E-state index contributed by atoms with van der Waals surface area (Å²) in [6.45, 7) is 8.11. The molecule has 180 valence electrons. The molecule has 0 radical (unpaired) electrons. The lowest BCUT2D eigenvalue weighted by atomic mass is 9.86. The number of imidazole rings is 1. The van der Waals surface area contributed by atoms with Crippen molar-refractivity contribution in [3.8, 4) is 17.1 Å². The zero-order valence-electron chi connectivity index (χ0n) is 20.5. The normalized spacial score (nSPS) is 15.3. The van der Waals surface area contributed by atoms with Gasteiger partial charge in [-0.15, -0.1) is 0 Å². The number of nitrogens with one attached hydrogen (secondary N) is 2. The second-order valence-electron chi connectivity index (χ2n) is 9.86. The van der Waals surface area contributed by atoms with Gasteiger partial charge in [-0.1, -0.05) is 20.8 Å². The van der Waals surface area contributed by atoms with Crippen LogP contribution in [0.2, 0.25) is 0 Å². The number of hydrogen-bond acceptors (Lipinski definition) is 5. The summed E-state index contributed by atoms with van der Waals surface area (Å²) in [5.41, 5.74) is 2.67. The van der Waals surface area contributed by atoms with E-state index in [1.54, 1.807) is 17.9 Å². The van der Waals surface area contributed by atoms with Gasteiger partial charge in [-0.25, -0.2) is 9.67 Å². The lowest BCUT2D eigenvalue weighted by Crippen LogP contribution is -2.53. The van der Waals surface area contributed by atoms with Crippen LogP contribution in [0.3, 0.4) is 0 Å². The first kappa shape index (κ1) is 23.7. The predicted molar refractivity (Wildman–Crippen MR) is 131 cm³/mol. The van der Waals surface area contributed by atoms with E-state index in [9.17, 15) is 9.59 Å². The fourth-order valence-electron chi connectivity index (χ4n) is 4.33. The van der Waals surface area contributed by atoms with Crippen molar-refractivity contribution in [1.82, 2.24) is 34.9 Å². The molecule has 0 saturated heterocycles. The number of carbonyl (C=O) groups excluding carboxylic acids is 2. The van der Waals surface area contributed by atoms with Crippen molar-refractivity contribution >= 4 is 11.8 Å². The lowest BCUT2D eigenvalue weighted by molar-refractivity contribution is -0.124. The van der Waals surface area contributed by atoms with Crippen molar-refractivity contribution in [2.24, 2.45) is 5.41 Å². The third-order valence-corrected chi connectivity index (χ3v) is 6.17. The van der Waals surface area contributed by atoms with Crippen LogP contribution in [0.15, 0.2) is 42.7 Å². The highest BCUT2D eigenvalue weighted by Crippen LogP contribution is 2.28. The van der Waals surface area contributed by atoms with Gasteiger partial charge >= 0.3 is 0 Å². The summed E-state index contributed by atoms with van der Waals surface area (Å²) in [5.74, 6) is 0.203. The Bertz CT molecular complexity index is 1160. The zero-order valence-corrected chi connectivity index (χ0v) is 20.5. The maximum absolute atomic E-state index is 13.5. The molecule has 0 aliphatic carbocycles. The Hall–Kier alpha value is -3.46. The lowest BCUT2D eigenvalue weighted by Gasteiger charge is -2.29. The van der Waals surface area contributed by atoms with Crippen LogP contribution in [0.5, 0.6) is 0 Å². The molecule has 1 aliphatic heterocycles. The summed E-state index contributed by atoms with van der Waals surface area (Å²) in [4.78, 5) is 33.0. The SMILES string of the molecule is CNC(=O)[C@@H](NC(=O)c1nc(-c2ccc(-n3cccn3)cc2)n2c1CN(C)CCC2)C(C)(C)C. The summed E-state index contributed by atoms with van der Waals surface area (Å²) in [7, 11) is 3.63. The molecule has 1 aliphatic rings. The van der Waals surface area contributed by atoms with Crippen LogP contribution in [0.4, 0.5) is 0 Å². The van der Waals surface area contributed by atoms with Gasteiger partial charge in [0.2, 0.25) is 5.91 Å². The Morgan fingerprint density at radius 2 is 1.85 bits per heavy atom. The quantitative estimate of drug-likeness (QED) is 0.606. The average Bonchev–Trinajstić information content (AvgIpc) is 3.41. The molecule has 34 heavy (non-hydrogen) atoms. The molecule has 0 bridgehead atoms. The van der Waals surface area contributed by atoms with Gasteiger partial charge in [-0.3, -0.25) is 9.59 Å². The van der Waals surface area contributed by atoms with Gasteiger partial charge in [0.15, 0.2) is 5.69 Å². The van der Waals surface area contributed by atoms with E-state index in [4.69, 9.17) is 4.98 Å². The number of rotatable bonds is 5. The second kappa shape index (κ2) is 9.42. The maximum atomic E-state index is 13.5.